The highest BCUT2D eigenvalue weighted by Crippen LogP contribution is 2.41. The van der Waals surface area contributed by atoms with E-state index in [9.17, 15) is 0 Å². The molecular formula is C15H22N2OS. The monoisotopic (exact) mass is 278 g/mol. The zero-order valence-electron chi connectivity index (χ0n) is 12.5. The molecule has 3 nitrogen and oxygen atoms in total. The van der Waals surface area contributed by atoms with Crippen LogP contribution in [0.5, 0.6) is 5.75 Å². The molecular weight excluding hydrogens is 256 g/mol. The van der Waals surface area contributed by atoms with E-state index in [-0.39, 0.29) is 5.41 Å². The maximum atomic E-state index is 5.65. The first-order chi connectivity index (χ1) is 8.88. The van der Waals surface area contributed by atoms with Crippen molar-refractivity contribution in [1.29, 1.82) is 0 Å². The molecule has 0 aliphatic rings. The zero-order chi connectivity index (χ0) is 14.2. The highest BCUT2D eigenvalue weighted by Gasteiger charge is 2.23. The molecule has 1 N–H and O–H groups in total. The minimum atomic E-state index is 0.0479. The Labute approximate surface area is 119 Å². The summed E-state index contributed by atoms with van der Waals surface area (Å²) in [7, 11) is 1.73. The highest BCUT2D eigenvalue weighted by molar-refractivity contribution is 7.22. The molecule has 104 valence electrons. The standard InChI is InChI=1S/C15H22N2OS/c1-7-16-14-17-11-12(18-6)10(15(3,4)5)8-9(2)13(11)19-14/h8H,7H2,1-6H3,(H,16,17). The van der Waals surface area contributed by atoms with E-state index in [0.717, 1.165) is 22.9 Å². The summed E-state index contributed by atoms with van der Waals surface area (Å²) in [6.45, 7) is 11.7. The number of fused-ring (bicyclic) bond motifs is 1. The van der Waals surface area contributed by atoms with Crippen LogP contribution in [0.1, 0.15) is 38.8 Å². The van der Waals surface area contributed by atoms with Crippen molar-refractivity contribution in [1.82, 2.24) is 4.98 Å². The van der Waals surface area contributed by atoms with Crippen LogP contribution in [0.25, 0.3) is 10.2 Å². The third-order valence-electron chi connectivity index (χ3n) is 3.15. The quantitative estimate of drug-likeness (QED) is 0.906. The molecule has 0 atom stereocenters. The lowest BCUT2D eigenvalue weighted by Gasteiger charge is -2.23. The summed E-state index contributed by atoms with van der Waals surface area (Å²) in [5.74, 6) is 0.911. The molecule has 0 spiro atoms. The lowest BCUT2D eigenvalue weighted by atomic mass is 9.85. The average Bonchev–Trinajstić information content (AvgIpc) is 2.72. The number of aryl methyl sites for hydroxylation is 1. The number of nitrogens with zero attached hydrogens (tertiary/aromatic N) is 1. The summed E-state index contributed by atoms with van der Waals surface area (Å²) < 4.78 is 6.86. The van der Waals surface area contributed by atoms with Gasteiger partial charge in [-0.3, -0.25) is 0 Å². The van der Waals surface area contributed by atoms with Crippen molar-refractivity contribution in [3.05, 3.63) is 17.2 Å². The molecule has 0 unspecified atom stereocenters. The SMILES string of the molecule is CCNc1nc2c(OC)c(C(C)(C)C)cc(C)c2s1. The molecule has 0 amide bonds. The Morgan fingerprint density at radius 3 is 2.58 bits per heavy atom. The van der Waals surface area contributed by atoms with Crippen LogP contribution in [-0.2, 0) is 5.41 Å². The van der Waals surface area contributed by atoms with E-state index in [4.69, 9.17) is 9.72 Å². The number of anilines is 1. The van der Waals surface area contributed by atoms with Crippen molar-refractivity contribution in [3.8, 4) is 5.75 Å². The average molecular weight is 278 g/mol. The Balaban J connectivity index is 2.74. The number of hydrogen-bond donors (Lipinski definition) is 1. The van der Waals surface area contributed by atoms with Gasteiger partial charge in [0.2, 0.25) is 0 Å². The third-order valence-corrected chi connectivity index (χ3v) is 4.29. The molecule has 1 aromatic carbocycles. The molecule has 1 aromatic heterocycles. The van der Waals surface area contributed by atoms with E-state index in [2.05, 4.69) is 46.0 Å². The molecule has 0 aliphatic carbocycles. The Kier molecular flexibility index (Phi) is 3.72. The van der Waals surface area contributed by atoms with Gasteiger partial charge in [0, 0.05) is 12.1 Å². The maximum Gasteiger partial charge on any atom is 0.183 e. The van der Waals surface area contributed by atoms with Crippen LogP contribution in [-0.4, -0.2) is 18.6 Å². The first-order valence-electron chi connectivity index (χ1n) is 6.61. The second-order valence-corrected chi connectivity index (χ2v) is 6.75. The van der Waals surface area contributed by atoms with Crippen molar-refractivity contribution in [2.24, 2.45) is 0 Å². The van der Waals surface area contributed by atoms with Crippen LogP contribution in [0.15, 0.2) is 6.07 Å². The zero-order valence-corrected chi connectivity index (χ0v) is 13.4. The summed E-state index contributed by atoms with van der Waals surface area (Å²) in [4.78, 5) is 4.69. The van der Waals surface area contributed by atoms with Gasteiger partial charge >= 0.3 is 0 Å². The predicted octanol–water partition coefficient (Wildman–Crippen LogP) is 4.34. The van der Waals surface area contributed by atoms with Gasteiger partial charge in [-0.1, -0.05) is 38.2 Å². The second-order valence-electron chi connectivity index (χ2n) is 5.75. The number of methoxy groups -OCH3 is 1. The molecule has 2 aromatic rings. The van der Waals surface area contributed by atoms with E-state index < -0.39 is 0 Å². The molecule has 4 heteroatoms. The second kappa shape index (κ2) is 5.00. The van der Waals surface area contributed by atoms with E-state index in [1.165, 1.54) is 15.8 Å². The molecule has 2 rings (SSSR count). The number of nitrogens with one attached hydrogen (secondary N) is 1. The fraction of sp³-hybridized carbons (Fsp3) is 0.533. The van der Waals surface area contributed by atoms with Gasteiger partial charge in [0.25, 0.3) is 0 Å². The van der Waals surface area contributed by atoms with Crippen LogP contribution < -0.4 is 10.1 Å². The normalized spacial score (nSPS) is 11.9. The van der Waals surface area contributed by atoms with Crippen LogP contribution >= 0.6 is 11.3 Å². The lowest BCUT2D eigenvalue weighted by molar-refractivity contribution is 0.402. The molecule has 0 radical (unpaired) electrons. The van der Waals surface area contributed by atoms with Gasteiger partial charge in [-0.15, -0.1) is 0 Å². The first kappa shape index (κ1) is 14.1. The molecule has 1 heterocycles. The Bertz CT molecular complexity index is 596. The predicted molar refractivity (Wildman–Crippen MR) is 83.8 cm³/mol. The smallest absolute Gasteiger partial charge is 0.183 e. The van der Waals surface area contributed by atoms with Gasteiger partial charge in [0.15, 0.2) is 5.13 Å². The summed E-state index contributed by atoms with van der Waals surface area (Å²) in [5, 5.41) is 4.25. The van der Waals surface area contributed by atoms with Gasteiger partial charge in [-0.25, -0.2) is 4.98 Å². The van der Waals surface area contributed by atoms with Crippen molar-refractivity contribution >= 4 is 26.7 Å². The van der Waals surface area contributed by atoms with Gasteiger partial charge in [-0.2, -0.15) is 0 Å². The van der Waals surface area contributed by atoms with Gasteiger partial charge in [0.1, 0.15) is 11.3 Å². The molecule has 19 heavy (non-hydrogen) atoms. The minimum Gasteiger partial charge on any atom is -0.494 e. The minimum absolute atomic E-state index is 0.0479. The van der Waals surface area contributed by atoms with Crippen molar-refractivity contribution in [3.63, 3.8) is 0 Å². The number of benzene rings is 1. The third kappa shape index (κ3) is 2.54. The maximum absolute atomic E-state index is 5.65. The Hall–Kier alpha value is -1.29. The number of ether oxygens (including phenoxy) is 1. The van der Waals surface area contributed by atoms with Crippen LogP contribution in [0.2, 0.25) is 0 Å². The van der Waals surface area contributed by atoms with Crippen LogP contribution in [0.3, 0.4) is 0 Å². The van der Waals surface area contributed by atoms with E-state index in [1.807, 2.05) is 0 Å². The molecule has 0 fully saturated rings. The summed E-state index contributed by atoms with van der Waals surface area (Å²) >= 11 is 1.70. The van der Waals surface area contributed by atoms with Crippen LogP contribution in [0, 0.1) is 6.92 Å². The molecule has 0 saturated heterocycles. The van der Waals surface area contributed by atoms with Gasteiger partial charge < -0.3 is 10.1 Å². The van der Waals surface area contributed by atoms with E-state index in [1.54, 1.807) is 18.4 Å². The van der Waals surface area contributed by atoms with E-state index >= 15 is 0 Å². The Morgan fingerprint density at radius 2 is 2.05 bits per heavy atom. The van der Waals surface area contributed by atoms with E-state index in [0.29, 0.717) is 0 Å². The number of hydrogen-bond acceptors (Lipinski definition) is 4. The lowest BCUT2D eigenvalue weighted by Crippen LogP contribution is -2.13. The largest absolute Gasteiger partial charge is 0.494 e. The summed E-state index contributed by atoms with van der Waals surface area (Å²) in [6, 6.07) is 2.23. The molecule has 0 saturated carbocycles. The van der Waals surface area contributed by atoms with Crippen LogP contribution in [0.4, 0.5) is 5.13 Å². The number of thiazole rings is 1. The molecule has 0 aliphatic heterocycles. The summed E-state index contributed by atoms with van der Waals surface area (Å²) in [6.07, 6.45) is 0. The fourth-order valence-electron chi connectivity index (χ4n) is 2.21. The fourth-order valence-corrected chi connectivity index (χ4v) is 3.21. The topological polar surface area (TPSA) is 34.2 Å². The first-order valence-corrected chi connectivity index (χ1v) is 7.42. The van der Waals surface area contributed by atoms with Crippen molar-refractivity contribution in [2.45, 2.75) is 40.0 Å². The Morgan fingerprint density at radius 1 is 1.37 bits per heavy atom. The van der Waals surface area contributed by atoms with Gasteiger partial charge in [0.05, 0.1) is 11.8 Å². The van der Waals surface area contributed by atoms with Crippen molar-refractivity contribution < 1.29 is 4.74 Å². The van der Waals surface area contributed by atoms with Crippen molar-refractivity contribution in [2.75, 3.05) is 19.0 Å². The highest BCUT2D eigenvalue weighted by atomic mass is 32.1. The number of rotatable bonds is 3. The summed E-state index contributed by atoms with van der Waals surface area (Å²) in [5.41, 5.74) is 3.51. The molecule has 0 bridgehead atoms. The van der Waals surface area contributed by atoms with Gasteiger partial charge in [-0.05, 0) is 24.8 Å². The number of aromatic nitrogens is 1.